The summed E-state index contributed by atoms with van der Waals surface area (Å²) in [5, 5.41) is 12.2. The van der Waals surface area contributed by atoms with Gasteiger partial charge in [0, 0.05) is 10.1 Å². The number of hydrogen-bond donors (Lipinski definition) is 2. The highest BCUT2D eigenvalue weighted by molar-refractivity contribution is 14.1. The first-order valence-electron chi connectivity index (χ1n) is 4.52. The molecule has 0 radical (unpaired) electrons. The highest BCUT2D eigenvalue weighted by Crippen LogP contribution is 2.19. The largest absolute Gasteiger partial charge is 0.507 e. The van der Waals surface area contributed by atoms with Crippen molar-refractivity contribution in [1.29, 1.82) is 0 Å². The summed E-state index contributed by atoms with van der Waals surface area (Å²) in [5.41, 5.74) is 0.311. The Morgan fingerprint density at radius 1 is 1.60 bits per heavy atom. The Balaban J connectivity index is 2.72. The highest BCUT2D eigenvalue weighted by atomic mass is 127. The number of amides is 1. The zero-order valence-corrected chi connectivity index (χ0v) is 10.3. The van der Waals surface area contributed by atoms with Crippen molar-refractivity contribution in [3.63, 3.8) is 0 Å². The van der Waals surface area contributed by atoms with Crippen molar-refractivity contribution in [3.8, 4) is 5.75 Å². The molecule has 0 saturated heterocycles. The molecule has 1 aromatic carbocycles. The van der Waals surface area contributed by atoms with E-state index >= 15 is 0 Å². The van der Waals surface area contributed by atoms with Crippen LogP contribution in [-0.2, 0) is 0 Å². The predicted molar refractivity (Wildman–Crippen MR) is 68.0 cm³/mol. The van der Waals surface area contributed by atoms with E-state index in [4.69, 9.17) is 0 Å². The van der Waals surface area contributed by atoms with Gasteiger partial charge in [0.1, 0.15) is 5.75 Å². The lowest BCUT2D eigenvalue weighted by atomic mass is 10.2. The van der Waals surface area contributed by atoms with Crippen molar-refractivity contribution in [1.82, 2.24) is 5.32 Å². The number of phenols is 1. The van der Waals surface area contributed by atoms with Gasteiger partial charge in [-0.1, -0.05) is 6.08 Å². The number of nitrogens with one attached hydrogen (secondary N) is 1. The number of carbonyl (C=O) groups excluding carboxylic acids is 1. The van der Waals surface area contributed by atoms with Crippen LogP contribution in [0.2, 0.25) is 0 Å². The van der Waals surface area contributed by atoms with Gasteiger partial charge in [-0.3, -0.25) is 4.79 Å². The first kappa shape index (κ1) is 12.0. The standard InChI is InChI=1S/C11H12INO2/c1-2-3-6-13-11(15)9-7-8(12)4-5-10(9)14/h2,4-5,7,14H,1,3,6H2,(H,13,15). The topological polar surface area (TPSA) is 49.3 Å². The Morgan fingerprint density at radius 2 is 2.33 bits per heavy atom. The average Bonchev–Trinajstić information content (AvgIpc) is 2.22. The van der Waals surface area contributed by atoms with E-state index in [1.165, 1.54) is 6.07 Å². The quantitative estimate of drug-likeness (QED) is 0.509. The van der Waals surface area contributed by atoms with Gasteiger partial charge in [-0.05, 0) is 47.2 Å². The van der Waals surface area contributed by atoms with E-state index in [9.17, 15) is 9.90 Å². The van der Waals surface area contributed by atoms with Crippen LogP contribution in [0.25, 0.3) is 0 Å². The third kappa shape index (κ3) is 3.54. The summed E-state index contributed by atoms with van der Waals surface area (Å²) in [6.07, 6.45) is 2.45. The minimum absolute atomic E-state index is 0.00604. The number of phenolic OH excluding ortho intramolecular Hbond substituents is 1. The number of hydrogen-bond acceptors (Lipinski definition) is 2. The SMILES string of the molecule is C=CCCNC(=O)c1cc(I)ccc1O. The van der Waals surface area contributed by atoms with E-state index in [-0.39, 0.29) is 11.7 Å². The zero-order chi connectivity index (χ0) is 11.3. The first-order chi connectivity index (χ1) is 7.15. The van der Waals surface area contributed by atoms with Crippen LogP contribution in [0.5, 0.6) is 5.75 Å². The first-order valence-corrected chi connectivity index (χ1v) is 5.60. The predicted octanol–water partition coefficient (Wildman–Crippen LogP) is 2.30. The van der Waals surface area contributed by atoms with Crippen LogP contribution in [0.15, 0.2) is 30.9 Å². The van der Waals surface area contributed by atoms with Crippen LogP contribution in [-0.4, -0.2) is 17.6 Å². The molecule has 0 aliphatic heterocycles. The van der Waals surface area contributed by atoms with Gasteiger partial charge in [0.05, 0.1) is 5.56 Å². The fourth-order valence-corrected chi connectivity index (χ4v) is 1.56. The zero-order valence-electron chi connectivity index (χ0n) is 8.16. The second-order valence-corrected chi connectivity index (χ2v) is 4.24. The molecule has 1 rings (SSSR count). The molecule has 0 aliphatic rings. The Bertz CT molecular complexity index is 377. The maximum Gasteiger partial charge on any atom is 0.255 e. The molecule has 0 heterocycles. The molecule has 0 fully saturated rings. The summed E-state index contributed by atoms with van der Waals surface area (Å²) in [5.74, 6) is -0.251. The summed E-state index contributed by atoms with van der Waals surface area (Å²) >= 11 is 2.09. The lowest BCUT2D eigenvalue weighted by Gasteiger charge is -2.05. The molecular weight excluding hydrogens is 305 g/mol. The van der Waals surface area contributed by atoms with Crippen molar-refractivity contribution >= 4 is 28.5 Å². The van der Waals surface area contributed by atoms with E-state index in [1.54, 1.807) is 18.2 Å². The molecule has 3 nitrogen and oxygen atoms in total. The monoisotopic (exact) mass is 317 g/mol. The molecular formula is C11H12INO2. The molecule has 0 bridgehead atoms. The van der Waals surface area contributed by atoms with Crippen molar-refractivity contribution in [3.05, 3.63) is 40.0 Å². The second kappa shape index (κ2) is 5.75. The molecule has 0 unspecified atom stereocenters. The smallest absolute Gasteiger partial charge is 0.255 e. The molecule has 2 N–H and O–H groups in total. The molecule has 0 atom stereocenters. The van der Waals surface area contributed by atoms with E-state index in [0.717, 1.165) is 9.99 Å². The lowest BCUT2D eigenvalue weighted by molar-refractivity contribution is 0.0951. The van der Waals surface area contributed by atoms with Crippen molar-refractivity contribution in [2.24, 2.45) is 0 Å². The Hall–Kier alpha value is -1.04. The average molecular weight is 317 g/mol. The Morgan fingerprint density at radius 3 is 3.00 bits per heavy atom. The number of carbonyl (C=O) groups is 1. The van der Waals surface area contributed by atoms with Crippen LogP contribution >= 0.6 is 22.6 Å². The van der Waals surface area contributed by atoms with E-state index in [0.29, 0.717) is 12.1 Å². The van der Waals surface area contributed by atoms with Crippen LogP contribution in [0.1, 0.15) is 16.8 Å². The molecule has 0 saturated carbocycles. The summed E-state index contributed by atoms with van der Waals surface area (Å²) in [7, 11) is 0. The van der Waals surface area contributed by atoms with Crippen molar-refractivity contribution in [2.75, 3.05) is 6.54 Å². The fourth-order valence-electron chi connectivity index (χ4n) is 1.07. The molecule has 0 spiro atoms. The van der Waals surface area contributed by atoms with Crippen LogP contribution in [0.4, 0.5) is 0 Å². The summed E-state index contributed by atoms with van der Waals surface area (Å²) in [4.78, 5) is 11.6. The summed E-state index contributed by atoms with van der Waals surface area (Å²) in [6, 6.07) is 4.92. The van der Waals surface area contributed by atoms with Crippen molar-refractivity contribution in [2.45, 2.75) is 6.42 Å². The number of aromatic hydroxyl groups is 1. The minimum atomic E-state index is -0.257. The maximum absolute atomic E-state index is 11.6. The van der Waals surface area contributed by atoms with Gasteiger partial charge in [0.2, 0.25) is 0 Å². The van der Waals surface area contributed by atoms with Gasteiger partial charge in [0.25, 0.3) is 5.91 Å². The van der Waals surface area contributed by atoms with Gasteiger partial charge in [-0.2, -0.15) is 0 Å². The molecule has 1 amide bonds. The third-order valence-electron chi connectivity index (χ3n) is 1.84. The molecule has 80 valence electrons. The highest BCUT2D eigenvalue weighted by Gasteiger charge is 2.10. The lowest BCUT2D eigenvalue weighted by Crippen LogP contribution is -2.24. The molecule has 15 heavy (non-hydrogen) atoms. The van der Waals surface area contributed by atoms with E-state index < -0.39 is 0 Å². The van der Waals surface area contributed by atoms with E-state index in [1.807, 2.05) is 0 Å². The Kier molecular flexibility index (Phi) is 4.61. The minimum Gasteiger partial charge on any atom is -0.507 e. The van der Waals surface area contributed by atoms with Crippen molar-refractivity contribution < 1.29 is 9.90 Å². The molecule has 1 aromatic rings. The molecule has 0 aliphatic carbocycles. The van der Waals surface area contributed by atoms with Gasteiger partial charge < -0.3 is 10.4 Å². The fraction of sp³-hybridized carbons (Fsp3) is 0.182. The maximum atomic E-state index is 11.6. The molecule has 0 aromatic heterocycles. The van der Waals surface area contributed by atoms with Crippen LogP contribution < -0.4 is 5.32 Å². The Labute approximate surface area is 102 Å². The third-order valence-corrected chi connectivity index (χ3v) is 2.51. The number of halogens is 1. The van der Waals surface area contributed by atoms with Gasteiger partial charge in [-0.25, -0.2) is 0 Å². The van der Waals surface area contributed by atoms with Crippen LogP contribution in [0.3, 0.4) is 0 Å². The molecule has 4 heteroatoms. The van der Waals surface area contributed by atoms with E-state index in [2.05, 4.69) is 34.5 Å². The second-order valence-electron chi connectivity index (χ2n) is 2.99. The summed E-state index contributed by atoms with van der Waals surface area (Å²) in [6.45, 7) is 4.10. The number of rotatable bonds is 4. The normalized spacial score (nSPS) is 9.67. The number of benzene rings is 1. The van der Waals surface area contributed by atoms with Gasteiger partial charge in [0.15, 0.2) is 0 Å². The summed E-state index contributed by atoms with van der Waals surface area (Å²) < 4.78 is 0.916. The van der Waals surface area contributed by atoms with Gasteiger partial charge >= 0.3 is 0 Å². The van der Waals surface area contributed by atoms with Gasteiger partial charge in [-0.15, -0.1) is 6.58 Å². The van der Waals surface area contributed by atoms with Crippen LogP contribution in [0, 0.1) is 3.57 Å².